The highest BCUT2D eigenvalue weighted by atomic mass is 15.2. The van der Waals surface area contributed by atoms with Gasteiger partial charge in [-0.1, -0.05) is 37.3 Å². The zero-order chi connectivity index (χ0) is 16.7. The number of piperidine rings is 1. The van der Waals surface area contributed by atoms with Crippen LogP contribution in [0.4, 0.5) is 0 Å². The minimum absolute atomic E-state index is 0.243. The summed E-state index contributed by atoms with van der Waals surface area (Å²) in [5.74, 6) is 1.69. The first kappa shape index (κ1) is 17.8. The molecule has 3 unspecified atom stereocenters. The van der Waals surface area contributed by atoms with Crippen molar-refractivity contribution in [2.75, 3.05) is 26.7 Å². The molecule has 3 atom stereocenters. The number of guanidine groups is 1. The molecule has 128 valence electrons. The predicted octanol–water partition coefficient (Wildman–Crippen LogP) is 3.03. The van der Waals surface area contributed by atoms with Gasteiger partial charge in [-0.2, -0.15) is 0 Å². The summed E-state index contributed by atoms with van der Waals surface area (Å²) in [7, 11) is 1.83. The topological polar surface area (TPSA) is 39.7 Å². The molecular formula is C19H32N4. The fourth-order valence-electron chi connectivity index (χ4n) is 3.22. The fraction of sp³-hybridized carbons (Fsp3) is 0.632. The Bertz CT molecular complexity index is 485. The third-order valence-electron chi connectivity index (χ3n) is 4.75. The second-order valence-corrected chi connectivity index (χ2v) is 6.82. The van der Waals surface area contributed by atoms with Gasteiger partial charge in [0.25, 0.3) is 0 Å². The van der Waals surface area contributed by atoms with Gasteiger partial charge in [0, 0.05) is 26.2 Å². The van der Waals surface area contributed by atoms with Crippen molar-refractivity contribution in [2.45, 2.75) is 45.7 Å². The number of hydrogen-bond acceptors (Lipinski definition) is 2. The van der Waals surface area contributed by atoms with Crippen LogP contribution in [0.3, 0.4) is 0 Å². The summed E-state index contributed by atoms with van der Waals surface area (Å²) in [6.45, 7) is 10.2. The average molecular weight is 316 g/mol. The Morgan fingerprint density at radius 3 is 2.70 bits per heavy atom. The van der Waals surface area contributed by atoms with E-state index in [1.54, 1.807) is 0 Å². The molecule has 0 spiro atoms. The summed E-state index contributed by atoms with van der Waals surface area (Å²) >= 11 is 0. The van der Waals surface area contributed by atoms with Crippen molar-refractivity contribution in [1.29, 1.82) is 0 Å². The van der Waals surface area contributed by atoms with E-state index in [-0.39, 0.29) is 6.04 Å². The van der Waals surface area contributed by atoms with Crippen molar-refractivity contribution in [1.82, 2.24) is 15.5 Å². The van der Waals surface area contributed by atoms with Gasteiger partial charge in [0.15, 0.2) is 5.96 Å². The molecule has 1 fully saturated rings. The van der Waals surface area contributed by atoms with E-state index in [0.717, 1.165) is 18.4 Å². The van der Waals surface area contributed by atoms with Gasteiger partial charge < -0.3 is 10.6 Å². The van der Waals surface area contributed by atoms with Crippen molar-refractivity contribution in [3.63, 3.8) is 0 Å². The number of nitrogens with one attached hydrogen (secondary N) is 2. The highest BCUT2D eigenvalue weighted by Crippen LogP contribution is 2.17. The van der Waals surface area contributed by atoms with Gasteiger partial charge in [0.2, 0.25) is 0 Å². The Morgan fingerprint density at radius 2 is 2.04 bits per heavy atom. The van der Waals surface area contributed by atoms with Gasteiger partial charge in [-0.3, -0.25) is 9.89 Å². The monoisotopic (exact) mass is 316 g/mol. The maximum Gasteiger partial charge on any atom is 0.191 e. The number of nitrogens with zero attached hydrogens (tertiary/aromatic N) is 2. The van der Waals surface area contributed by atoms with Crippen LogP contribution >= 0.6 is 0 Å². The van der Waals surface area contributed by atoms with Crippen molar-refractivity contribution >= 4 is 5.96 Å². The smallest absolute Gasteiger partial charge is 0.191 e. The molecule has 1 heterocycles. The van der Waals surface area contributed by atoms with Crippen LogP contribution in [0.5, 0.6) is 0 Å². The molecule has 0 amide bonds. The number of likely N-dealkylation sites (tertiary alicyclic amines) is 1. The molecule has 1 aromatic rings. The lowest BCUT2D eigenvalue weighted by atomic mass is 9.99. The minimum atomic E-state index is 0.243. The minimum Gasteiger partial charge on any atom is -0.355 e. The summed E-state index contributed by atoms with van der Waals surface area (Å²) in [6, 6.07) is 11.2. The summed E-state index contributed by atoms with van der Waals surface area (Å²) in [5, 5.41) is 6.95. The largest absolute Gasteiger partial charge is 0.355 e. The van der Waals surface area contributed by atoms with Crippen molar-refractivity contribution in [3.8, 4) is 0 Å². The van der Waals surface area contributed by atoms with Crippen LogP contribution in [-0.2, 0) is 0 Å². The molecular weight excluding hydrogens is 284 g/mol. The van der Waals surface area contributed by atoms with Crippen molar-refractivity contribution in [3.05, 3.63) is 35.9 Å². The Hall–Kier alpha value is -1.55. The lowest BCUT2D eigenvalue weighted by Crippen LogP contribution is -2.48. The van der Waals surface area contributed by atoms with Crippen molar-refractivity contribution in [2.24, 2.45) is 10.9 Å². The number of aliphatic imine (C=N–C) groups is 1. The average Bonchev–Trinajstić information content (AvgIpc) is 2.58. The van der Waals surface area contributed by atoms with Gasteiger partial charge in [0.1, 0.15) is 0 Å². The summed E-state index contributed by atoms with van der Waals surface area (Å²) in [6.07, 6.45) is 2.69. The van der Waals surface area contributed by atoms with Gasteiger partial charge in [0.05, 0.1) is 6.04 Å². The number of rotatable bonds is 5. The highest BCUT2D eigenvalue weighted by Gasteiger charge is 2.21. The second kappa shape index (κ2) is 8.92. The number of hydrogen-bond donors (Lipinski definition) is 2. The van der Waals surface area contributed by atoms with Crippen LogP contribution in [0, 0.1) is 5.92 Å². The van der Waals surface area contributed by atoms with E-state index in [1.807, 2.05) is 13.1 Å². The standard InChI is InChI=1S/C19H32N4/c1-15-9-8-12-23(14-15)16(2)13-21-19(20-4)22-17(3)18-10-6-5-7-11-18/h5-7,10-11,15-17H,8-9,12-14H2,1-4H3,(H2,20,21,22). The Labute approximate surface area is 141 Å². The molecule has 2 N–H and O–H groups in total. The fourth-order valence-corrected chi connectivity index (χ4v) is 3.22. The SMILES string of the molecule is CN=C(NCC(C)N1CCCC(C)C1)NC(C)c1ccccc1. The Morgan fingerprint density at radius 1 is 1.30 bits per heavy atom. The lowest BCUT2D eigenvalue weighted by Gasteiger charge is -2.36. The van der Waals surface area contributed by atoms with E-state index in [2.05, 4.69) is 65.6 Å². The van der Waals surface area contributed by atoms with Crippen LogP contribution in [0.15, 0.2) is 35.3 Å². The first-order chi connectivity index (χ1) is 11.1. The number of benzene rings is 1. The molecule has 1 saturated heterocycles. The zero-order valence-corrected chi connectivity index (χ0v) is 15.0. The zero-order valence-electron chi connectivity index (χ0n) is 15.0. The Kier molecular flexibility index (Phi) is 6.90. The van der Waals surface area contributed by atoms with Crippen molar-refractivity contribution < 1.29 is 0 Å². The molecule has 0 bridgehead atoms. The van der Waals surface area contributed by atoms with E-state index in [1.165, 1.54) is 31.5 Å². The third kappa shape index (κ3) is 5.54. The van der Waals surface area contributed by atoms with Gasteiger partial charge in [-0.25, -0.2) is 0 Å². The maximum atomic E-state index is 4.36. The van der Waals surface area contributed by atoms with E-state index in [0.29, 0.717) is 6.04 Å². The van der Waals surface area contributed by atoms with Gasteiger partial charge in [-0.15, -0.1) is 0 Å². The van der Waals surface area contributed by atoms with Crippen LogP contribution in [-0.4, -0.2) is 43.6 Å². The Balaban J connectivity index is 1.80. The molecule has 2 rings (SSSR count). The second-order valence-electron chi connectivity index (χ2n) is 6.82. The van der Waals surface area contributed by atoms with E-state index in [9.17, 15) is 0 Å². The van der Waals surface area contributed by atoms with Crippen LogP contribution in [0.1, 0.15) is 45.2 Å². The molecule has 0 saturated carbocycles. The van der Waals surface area contributed by atoms with Gasteiger partial charge >= 0.3 is 0 Å². The molecule has 4 nitrogen and oxygen atoms in total. The normalized spacial score (nSPS) is 22.4. The predicted molar refractivity (Wildman–Crippen MR) is 98.8 cm³/mol. The summed E-state index contributed by atoms with van der Waals surface area (Å²) in [5.41, 5.74) is 1.27. The summed E-state index contributed by atoms with van der Waals surface area (Å²) < 4.78 is 0. The molecule has 23 heavy (non-hydrogen) atoms. The summed E-state index contributed by atoms with van der Waals surface area (Å²) in [4.78, 5) is 6.95. The molecule has 1 aromatic carbocycles. The van der Waals surface area contributed by atoms with Crippen LogP contribution in [0.25, 0.3) is 0 Å². The molecule has 0 radical (unpaired) electrons. The molecule has 0 aliphatic carbocycles. The molecule has 1 aliphatic heterocycles. The highest BCUT2D eigenvalue weighted by molar-refractivity contribution is 5.80. The maximum absolute atomic E-state index is 4.36. The van der Waals surface area contributed by atoms with E-state index >= 15 is 0 Å². The quantitative estimate of drug-likeness (QED) is 0.648. The third-order valence-corrected chi connectivity index (χ3v) is 4.75. The van der Waals surface area contributed by atoms with Crippen LogP contribution in [0.2, 0.25) is 0 Å². The first-order valence-corrected chi connectivity index (χ1v) is 8.86. The first-order valence-electron chi connectivity index (χ1n) is 8.86. The molecule has 4 heteroatoms. The van der Waals surface area contributed by atoms with Crippen LogP contribution < -0.4 is 10.6 Å². The van der Waals surface area contributed by atoms with E-state index < -0.39 is 0 Å². The lowest BCUT2D eigenvalue weighted by molar-refractivity contribution is 0.139. The molecule has 0 aromatic heterocycles. The van der Waals surface area contributed by atoms with Gasteiger partial charge in [-0.05, 0) is 44.7 Å². The van der Waals surface area contributed by atoms with E-state index in [4.69, 9.17) is 0 Å². The molecule has 1 aliphatic rings.